The van der Waals surface area contributed by atoms with Gasteiger partial charge < -0.3 is 14.7 Å². The van der Waals surface area contributed by atoms with Crippen LogP contribution in [0.15, 0.2) is 54.6 Å². The fraction of sp³-hybridized carbons (Fsp3) is 0.304. The minimum absolute atomic E-state index is 0.0488. The van der Waals surface area contributed by atoms with Crippen molar-refractivity contribution in [3.63, 3.8) is 0 Å². The number of carbonyl (C=O) groups is 2. The summed E-state index contributed by atoms with van der Waals surface area (Å²) in [6, 6.07) is 16.5. The van der Waals surface area contributed by atoms with Gasteiger partial charge in [-0.1, -0.05) is 24.3 Å². The van der Waals surface area contributed by atoms with Crippen LogP contribution in [0.3, 0.4) is 0 Å². The molecule has 4 rings (SSSR count). The second kappa shape index (κ2) is 9.26. The highest BCUT2D eigenvalue weighted by Gasteiger charge is 2.23. The Labute approximate surface area is 186 Å². The van der Waals surface area contributed by atoms with E-state index in [1.807, 2.05) is 42.2 Å². The lowest BCUT2D eigenvalue weighted by molar-refractivity contribution is 0.0767. The molecule has 2 amide bonds. The quantitative estimate of drug-likeness (QED) is 0.628. The van der Waals surface area contributed by atoms with E-state index in [4.69, 9.17) is 0 Å². The zero-order valence-corrected chi connectivity index (χ0v) is 18.5. The lowest BCUT2D eigenvalue weighted by Crippen LogP contribution is -2.35. The van der Waals surface area contributed by atoms with Crippen molar-refractivity contribution < 1.29 is 9.59 Å². The highest BCUT2D eigenvalue weighted by Crippen LogP contribution is 2.20. The van der Waals surface area contributed by atoms with Gasteiger partial charge in [0.15, 0.2) is 0 Å². The van der Waals surface area contributed by atoms with Crippen LogP contribution in [0.1, 0.15) is 33.0 Å². The van der Waals surface area contributed by atoms with Crippen molar-refractivity contribution in [3.8, 4) is 0 Å². The van der Waals surface area contributed by atoms with Gasteiger partial charge in [0.2, 0.25) is 5.13 Å². The molecule has 1 aliphatic rings. The number of carbonyl (C=O) groups excluding carboxylic acids is 2. The number of hydrogen-bond donors (Lipinski definition) is 0. The van der Waals surface area contributed by atoms with E-state index in [0.717, 1.165) is 36.2 Å². The Morgan fingerprint density at radius 1 is 0.968 bits per heavy atom. The molecule has 1 aromatic heterocycles. The maximum Gasteiger partial charge on any atom is 0.258 e. The van der Waals surface area contributed by atoms with Crippen molar-refractivity contribution in [1.82, 2.24) is 14.3 Å². The van der Waals surface area contributed by atoms with Gasteiger partial charge in [-0.15, -0.1) is 0 Å². The summed E-state index contributed by atoms with van der Waals surface area (Å²) >= 11 is 1.40. The molecule has 0 atom stereocenters. The Morgan fingerprint density at radius 3 is 2.48 bits per heavy atom. The summed E-state index contributed by atoms with van der Waals surface area (Å²) in [6.45, 7) is 4.74. The molecule has 8 heteroatoms. The first-order chi connectivity index (χ1) is 15.0. The van der Waals surface area contributed by atoms with Gasteiger partial charge >= 0.3 is 0 Å². The van der Waals surface area contributed by atoms with E-state index in [9.17, 15) is 9.59 Å². The Kier molecular flexibility index (Phi) is 6.27. The number of amides is 2. The van der Waals surface area contributed by atoms with E-state index in [2.05, 4.69) is 14.3 Å². The first-order valence-corrected chi connectivity index (χ1v) is 11.1. The molecular formula is C23H25N5O2S. The van der Waals surface area contributed by atoms with Crippen LogP contribution < -0.4 is 9.80 Å². The Balaban J connectivity index is 1.46. The van der Waals surface area contributed by atoms with Crippen LogP contribution in [0.2, 0.25) is 0 Å². The van der Waals surface area contributed by atoms with E-state index in [-0.39, 0.29) is 11.8 Å². The minimum atomic E-state index is -0.144. The molecule has 0 unspecified atom stereocenters. The Hall–Kier alpha value is -3.26. The molecule has 0 N–H and O–H groups in total. The zero-order chi connectivity index (χ0) is 21.8. The average Bonchev–Trinajstić information content (AvgIpc) is 3.09. The number of benzene rings is 2. The van der Waals surface area contributed by atoms with Gasteiger partial charge in [-0.3, -0.25) is 9.59 Å². The zero-order valence-electron chi connectivity index (χ0n) is 17.7. The van der Waals surface area contributed by atoms with Gasteiger partial charge in [0.25, 0.3) is 11.8 Å². The topological polar surface area (TPSA) is 69.6 Å². The van der Waals surface area contributed by atoms with Crippen LogP contribution in [-0.4, -0.2) is 59.3 Å². The summed E-state index contributed by atoms with van der Waals surface area (Å²) < 4.78 is 4.26. The highest BCUT2D eigenvalue weighted by molar-refractivity contribution is 7.09. The van der Waals surface area contributed by atoms with Crippen molar-refractivity contribution in [1.29, 1.82) is 0 Å². The standard InChI is InChI=1S/C23H25N5O2S/c1-17-24-23(31-25-17)28-13-7-12-27(14-15-28)22(30)19-9-6-8-18(16-19)21(29)26(2)20-10-4-3-5-11-20/h3-6,8-11,16H,7,12-15H2,1-2H3. The van der Waals surface area contributed by atoms with Crippen LogP contribution in [0.25, 0.3) is 0 Å². The first-order valence-electron chi connectivity index (χ1n) is 10.3. The van der Waals surface area contributed by atoms with E-state index >= 15 is 0 Å². The number of hydrogen-bond acceptors (Lipinski definition) is 6. The molecule has 0 bridgehead atoms. The average molecular weight is 436 g/mol. The molecule has 0 radical (unpaired) electrons. The summed E-state index contributed by atoms with van der Waals surface area (Å²) in [5, 5.41) is 0.906. The van der Waals surface area contributed by atoms with E-state index in [1.165, 1.54) is 11.5 Å². The third kappa shape index (κ3) is 4.74. The number of anilines is 2. The number of aryl methyl sites for hydroxylation is 1. The van der Waals surface area contributed by atoms with Crippen molar-refractivity contribution in [2.24, 2.45) is 0 Å². The van der Waals surface area contributed by atoms with Gasteiger partial charge in [0.05, 0.1) is 0 Å². The van der Waals surface area contributed by atoms with E-state index in [0.29, 0.717) is 24.2 Å². The SMILES string of the molecule is Cc1nsc(N2CCCN(C(=O)c3cccc(C(=O)N(C)c4ccccc4)c3)CC2)n1. The van der Waals surface area contributed by atoms with Crippen molar-refractivity contribution in [3.05, 3.63) is 71.5 Å². The van der Waals surface area contributed by atoms with Gasteiger partial charge in [0, 0.05) is 61.6 Å². The largest absolute Gasteiger partial charge is 0.345 e. The lowest BCUT2D eigenvalue weighted by atomic mass is 10.1. The summed E-state index contributed by atoms with van der Waals surface area (Å²) in [7, 11) is 1.74. The second-order valence-corrected chi connectivity index (χ2v) is 8.27. The fourth-order valence-corrected chi connectivity index (χ4v) is 4.38. The Bertz CT molecular complexity index is 1070. The normalized spacial score (nSPS) is 14.3. The minimum Gasteiger partial charge on any atom is -0.345 e. The van der Waals surface area contributed by atoms with Crippen LogP contribution >= 0.6 is 11.5 Å². The number of rotatable bonds is 4. The number of aromatic nitrogens is 2. The maximum atomic E-state index is 13.2. The molecule has 2 heterocycles. The van der Waals surface area contributed by atoms with E-state index in [1.54, 1.807) is 36.2 Å². The number of para-hydroxylation sites is 1. The third-order valence-electron chi connectivity index (χ3n) is 5.38. The molecule has 160 valence electrons. The van der Waals surface area contributed by atoms with Crippen LogP contribution in [0.4, 0.5) is 10.8 Å². The monoisotopic (exact) mass is 435 g/mol. The van der Waals surface area contributed by atoms with Gasteiger partial charge in [-0.2, -0.15) is 4.37 Å². The molecule has 31 heavy (non-hydrogen) atoms. The molecule has 0 aliphatic carbocycles. The molecule has 0 spiro atoms. The molecule has 1 saturated heterocycles. The lowest BCUT2D eigenvalue weighted by Gasteiger charge is -2.22. The van der Waals surface area contributed by atoms with Crippen LogP contribution in [0, 0.1) is 6.92 Å². The summed E-state index contributed by atoms with van der Waals surface area (Å²) in [4.78, 5) is 36.2. The number of nitrogens with zero attached hydrogens (tertiary/aromatic N) is 5. The predicted octanol–water partition coefficient (Wildman–Crippen LogP) is 3.48. The highest BCUT2D eigenvalue weighted by atomic mass is 32.1. The van der Waals surface area contributed by atoms with Crippen molar-refractivity contribution in [2.45, 2.75) is 13.3 Å². The molecular weight excluding hydrogens is 410 g/mol. The van der Waals surface area contributed by atoms with Crippen molar-refractivity contribution >= 4 is 34.2 Å². The first kappa shape index (κ1) is 21.0. The smallest absolute Gasteiger partial charge is 0.258 e. The third-order valence-corrected chi connectivity index (χ3v) is 6.24. The van der Waals surface area contributed by atoms with Gasteiger partial charge in [-0.05, 0) is 43.7 Å². The van der Waals surface area contributed by atoms with Crippen molar-refractivity contribution in [2.75, 3.05) is 43.0 Å². The molecule has 0 saturated carbocycles. The van der Waals surface area contributed by atoms with Gasteiger partial charge in [-0.25, -0.2) is 4.98 Å². The summed E-state index contributed by atoms with van der Waals surface area (Å²) in [5.74, 6) is 0.584. The summed E-state index contributed by atoms with van der Waals surface area (Å²) in [6.07, 6.45) is 0.861. The van der Waals surface area contributed by atoms with Crippen LogP contribution in [0.5, 0.6) is 0 Å². The second-order valence-electron chi connectivity index (χ2n) is 7.54. The molecule has 3 aromatic rings. The van der Waals surface area contributed by atoms with E-state index < -0.39 is 0 Å². The Morgan fingerprint density at radius 2 is 1.74 bits per heavy atom. The fourth-order valence-electron chi connectivity index (χ4n) is 3.66. The summed E-state index contributed by atoms with van der Waals surface area (Å²) in [5.41, 5.74) is 1.84. The molecule has 1 fully saturated rings. The van der Waals surface area contributed by atoms with Crippen LogP contribution in [-0.2, 0) is 0 Å². The van der Waals surface area contributed by atoms with Gasteiger partial charge in [0.1, 0.15) is 5.82 Å². The maximum absolute atomic E-state index is 13.2. The molecule has 7 nitrogen and oxygen atoms in total. The molecule has 2 aromatic carbocycles. The predicted molar refractivity (Wildman–Crippen MR) is 123 cm³/mol. The molecule has 1 aliphatic heterocycles.